The van der Waals surface area contributed by atoms with Crippen molar-refractivity contribution in [2.24, 2.45) is 0 Å². The van der Waals surface area contributed by atoms with E-state index in [1.807, 2.05) is 0 Å². The third-order valence-electron chi connectivity index (χ3n) is 1.29. The van der Waals surface area contributed by atoms with Gasteiger partial charge in [0.05, 0.1) is 5.75 Å². The van der Waals surface area contributed by atoms with Crippen LogP contribution in [0.2, 0.25) is 5.02 Å². The minimum absolute atomic E-state index is 0.142. The fourth-order valence-corrected chi connectivity index (χ4v) is 1.56. The van der Waals surface area contributed by atoms with E-state index in [0.717, 1.165) is 6.07 Å². The Bertz CT molecular complexity index is 316. The van der Waals surface area contributed by atoms with E-state index in [2.05, 4.69) is 0 Å². The van der Waals surface area contributed by atoms with Gasteiger partial charge in [-0.15, -0.1) is 0 Å². The molecule has 0 bridgehead atoms. The average Bonchev–Trinajstić information content (AvgIpc) is 1.96. The Morgan fingerprint density at radius 1 is 1.58 bits per heavy atom. The van der Waals surface area contributed by atoms with Crippen LogP contribution in [0.1, 0.15) is 5.56 Å². The van der Waals surface area contributed by atoms with Gasteiger partial charge in [-0.05, 0) is 23.8 Å². The van der Waals surface area contributed by atoms with E-state index < -0.39 is 16.9 Å². The second-order valence-corrected chi connectivity index (χ2v) is 3.54. The van der Waals surface area contributed by atoms with Crippen LogP contribution in [-0.2, 0) is 16.8 Å². The molecule has 0 aliphatic rings. The molecule has 0 amide bonds. The van der Waals surface area contributed by atoms with Gasteiger partial charge in [0.2, 0.25) is 0 Å². The molecule has 2 nitrogen and oxygen atoms in total. The summed E-state index contributed by atoms with van der Waals surface area (Å²) in [5.41, 5.74) is 0.345. The molecule has 1 aromatic rings. The topological polar surface area (TPSA) is 37.3 Å². The summed E-state index contributed by atoms with van der Waals surface area (Å²) in [4.78, 5) is 0. The van der Waals surface area contributed by atoms with Gasteiger partial charge in [-0.1, -0.05) is 11.6 Å². The minimum Gasteiger partial charge on any atom is -0.306 e. The van der Waals surface area contributed by atoms with Gasteiger partial charge in [-0.2, -0.15) is 0 Å². The molecule has 5 heteroatoms. The van der Waals surface area contributed by atoms with Crippen LogP contribution >= 0.6 is 11.6 Å². The minimum atomic E-state index is -1.99. The summed E-state index contributed by atoms with van der Waals surface area (Å²) in [5.74, 6) is -0.601. The summed E-state index contributed by atoms with van der Waals surface area (Å²) in [6.07, 6.45) is 0. The molecule has 0 heterocycles. The van der Waals surface area contributed by atoms with Crippen LogP contribution in [0.3, 0.4) is 0 Å². The summed E-state index contributed by atoms with van der Waals surface area (Å²) in [5, 5.41) is 0.304. The first-order chi connectivity index (χ1) is 5.59. The van der Waals surface area contributed by atoms with E-state index in [-0.39, 0.29) is 5.75 Å². The normalized spacial score (nSPS) is 12.9. The zero-order chi connectivity index (χ0) is 9.14. The van der Waals surface area contributed by atoms with Crippen molar-refractivity contribution < 1.29 is 13.2 Å². The molecular weight excluding hydrogens is 203 g/mol. The number of halogens is 2. The highest BCUT2D eigenvalue weighted by atomic mass is 35.5. The van der Waals surface area contributed by atoms with Crippen LogP contribution < -0.4 is 0 Å². The van der Waals surface area contributed by atoms with Crippen molar-refractivity contribution in [1.82, 2.24) is 0 Å². The SMILES string of the molecule is O=S(O)Cc1cc(F)ccc1Cl. The van der Waals surface area contributed by atoms with Crippen LogP contribution in [0, 0.1) is 5.82 Å². The Morgan fingerprint density at radius 3 is 2.83 bits per heavy atom. The summed E-state index contributed by atoms with van der Waals surface area (Å²) in [7, 11) is 0. The molecule has 1 aromatic carbocycles. The molecule has 1 N–H and O–H groups in total. The number of hydrogen-bond donors (Lipinski definition) is 1. The largest absolute Gasteiger partial charge is 0.306 e. The zero-order valence-electron chi connectivity index (χ0n) is 5.96. The van der Waals surface area contributed by atoms with Crippen LogP contribution in [-0.4, -0.2) is 8.76 Å². The molecule has 0 fully saturated rings. The highest BCUT2D eigenvalue weighted by Gasteiger charge is 2.04. The van der Waals surface area contributed by atoms with Gasteiger partial charge in [0.15, 0.2) is 11.1 Å². The second-order valence-electron chi connectivity index (χ2n) is 2.20. The fourth-order valence-electron chi connectivity index (χ4n) is 0.787. The molecule has 0 aromatic heterocycles. The monoisotopic (exact) mass is 208 g/mol. The molecule has 1 atom stereocenters. The number of hydrogen-bond acceptors (Lipinski definition) is 1. The quantitative estimate of drug-likeness (QED) is 0.757. The summed E-state index contributed by atoms with van der Waals surface area (Å²) < 4.78 is 31.4. The van der Waals surface area contributed by atoms with Gasteiger partial charge in [-0.25, -0.2) is 8.60 Å². The summed E-state index contributed by atoms with van der Waals surface area (Å²) in [6, 6.07) is 3.71. The van der Waals surface area contributed by atoms with E-state index in [9.17, 15) is 8.60 Å². The molecule has 0 radical (unpaired) electrons. The highest BCUT2D eigenvalue weighted by Crippen LogP contribution is 2.17. The lowest BCUT2D eigenvalue weighted by molar-refractivity contribution is 0.563. The van der Waals surface area contributed by atoms with Gasteiger partial charge in [0.25, 0.3) is 0 Å². The Balaban J connectivity index is 2.97. The number of benzene rings is 1. The average molecular weight is 209 g/mol. The second kappa shape index (κ2) is 3.98. The molecular formula is C7H6ClFO2S. The molecule has 1 unspecified atom stereocenters. The van der Waals surface area contributed by atoms with E-state index >= 15 is 0 Å². The van der Waals surface area contributed by atoms with Gasteiger partial charge in [-0.3, -0.25) is 0 Å². The van der Waals surface area contributed by atoms with Crippen molar-refractivity contribution in [3.63, 3.8) is 0 Å². The maximum Gasteiger partial charge on any atom is 0.157 e. The predicted molar refractivity (Wildman–Crippen MR) is 45.9 cm³/mol. The first kappa shape index (κ1) is 9.64. The summed E-state index contributed by atoms with van der Waals surface area (Å²) in [6.45, 7) is 0. The van der Waals surface area contributed by atoms with E-state index in [1.165, 1.54) is 12.1 Å². The van der Waals surface area contributed by atoms with Gasteiger partial charge < -0.3 is 4.55 Å². The first-order valence-corrected chi connectivity index (χ1v) is 4.76. The van der Waals surface area contributed by atoms with Gasteiger partial charge in [0.1, 0.15) is 5.82 Å². The maximum absolute atomic E-state index is 12.6. The molecule has 0 aliphatic carbocycles. The van der Waals surface area contributed by atoms with Crippen LogP contribution in [0.5, 0.6) is 0 Å². The molecule has 12 heavy (non-hydrogen) atoms. The third kappa shape index (κ3) is 2.55. The van der Waals surface area contributed by atoms with Gasteiger partial charge in [0, 0.05) is 5.02 Å². The standard InChI is InChI=1S/C7H6ClFO2S/c8-7-2-1-6(9)3-5(7)4-12(10)11/h1-3H,4H2,(H,10,11). The lowest BCUT2D eigenvalue weighted by atomic mass is 10.2. The smallest absolute Gasteiger partial charge is 0.157 e. The number of rotatable bonds is 2. The molecule has 0 spiro atoms. The van der Waals surface area contributed by atoms with Crippen molar-refractivity contribution >= 4 is 22.7 Å². The third-order valence-corrected chi connectivity index (χ3v) is 2.21. The fraction of sp³-hybridized carbons (Fsp3) is 0.143. The lowest BCUT2D eigenvalue weighted by Gasteiger charge is -2.00. The Kier molecular flexibility index (Phi) is 3.20. The highest BCUT2D eigenvalue weighted by molar-refractivity contribution is 7.78. The van der Waals surface area contributed by atoms with Crippen LogP contribution in [0.4, 0.5) is 4.39 Å². The Labute approximate surface area is 76.6 Å². The van der Waals surface area contributed by atoms with Crippen molar-refractivity contribution in [1.29, 1.82) is 0 Å². The van der Waals surface area contributed by atoms with Crippen molar-refractivity contribution in [2.45, 2.75) is 5.75 Å². The van der Waals surface area contributed by atoms with E-state index in [1.54, 1.807) is 0 Å². The molecule has 66 valence electrons. The molecule has 0 saturated heterocycles. The van der Waals surface area contributed by atoms with Crippen molar-refractivity contribution in [3.8, 4) is 0 Å². The summed E-state index contributed by atoms with van der Waals surface area (Å²) >= 11 is 3.64. The van der Waals surface area contributed by atoms with Gasteiger partial charge >= 0.3 is 0 Å². The van der Waals surface area contributed by atoms with Crippen molar-refractivity contribution in [2.75, 3.05) is 0 Å². The Morgan fingerprint density at radius 2 is 2.25 bits per heavy atom. The van der Waals surface area contributed by atoms with Crippen LogP contribution in [0.15, 0.2) is 18.2 Å². The maximum atomic E-state index is 12.6. The van der Waals surface area contributed by atoms with Crippen molar-refractivity contribution in [3.05, 3.63) is 34.6 Å². The first-order valence-electron chi connectivity index (χ1n) is 3.11. The molecule has 0 aliphatic heterocycles. The molecule has 0 saturated carbocycles. The van der Waals surface area contributed by atoms with Crippen LogP contribution in [0.25, 0.3) is 0 Å². The van der Waals surface area contributed by atoms with E-state index in [0.29, 0.717) is 10.6 Å². The zero-order valence-corrected chi connectivity index (χ0v) is 7.53. The molecule has 1 rings (SSSR count). The Hall–Kier alpha value is -0.450. The predicted octanol–water partition coefficient (Wildman–Crippen LogP) is 2.20. The van der Waals surface area contributed by atoms with E-state index in [4.69, 9.17) is 16.2 Å². The lowest BCUT2D eigenvalue weighted by Crippen LogP contribution is -1.94.